The smallest absolute Gasteiger partial charge is 0.305 e. The Morgan fingerprint density at radius 2 is 2.07 bits per heavy atom. The minimum atomic E-state index is -4.15. The van der Waals surface area contributed by atoms with Crippen molar-refractivity contribution in [2.24, 2.45) is 5.73 Å². The number of hydrogen-bond donors (Lipinski definition) is 2. The molecule has 0 saturated heterocycles. The van der Waals surface area contributed by atoms with Crippen LogP contribution in [0.5, 0.6) is 0 Å². The van der Waals surface area contributed by atoms with Crippen molar-refractivity contribution in [1.29, 1.82) is 0 Å². The molecule has 0 aliphatic rings. The molecule has 0 bridgehead atoms. The molecule has 0 fully saturated rings. The maximum atomic E-state index is 10.7. The summed E-state index contributed by atoms with van der Waals surface area (Å²) in [7, 11) is -4.15. The normalized spacial score (nSPS) is 12.8. The zero-order chi connectivity index (χ0) is 10.5. The van der Waals surface area contributed by atoms with Gasteiger partial charge in [0.2, 0.25) is 0 Å². The largest absolute Gasteiger partial charge is 0.460 e. The zero-order valence-electron chi connectivity index (χ0n) is 7.67. The molecule has 0 rings (SSSR count). The molecule has 1 unspecified atom stereocenters. The fourth-order valence-corrected chi connectivity index (χ4v) is 1.33. The van der Waals surface area contributed by atoms with Crippen LogP contribution in [0.15, 0.2) is 0 Å². The van der Waals surface area contributed by atoms with Crippen LogP contribution in [0.3, 0.4) is 0 Å². The highest BCUT2D eigenvalue weighted by Gasteiger charge is 2.18. The number of nitrogens with two attached hydrogens (primary N) is 1. The van der Waals surface area contributed by atoms with Crippen LogP contribution in [-0.4, -0.2) is 37.3 Å². The number of hydrogen-bond acceptors (Lipinski definition) is 5. The first kappa shape index (κ1) is 16.1. The second-order valence-electron chi connectivity index (χ2n) is 2.45. The second kappa shape index (κ2) is 6.99. The van der Waals surface area contributed by atoms with Crippen LogP contribution >= 0.6 is 12.4 Å². The standard InChI is InChI=1S/C6H13NO5S.ClH/c1-2-6(8)12-5(3-7)4-13(9,10)11;/h5H,2-4,7H2,1H3,(H,9,10,11);1H. The van der Waals surface area contributed by atoms with E-state index in [1.807, 2.05) is 0 Å². The van der Waals surface area contributed by atoms with Crippen LogP contribution in [0.2, 0.25) is 0 Å². The summed E-state index contributed by atoms with van der Waals surface area (Å²) in [5.41, 5.74) is 5.13. The lowest BCUT2D eigenvalue weighted by Gasteiger charge is -2.13. The van der Waals surface area contributed by atoms with E-state index in [9.17, 15) is 13.2 Å². The summed E-state index contributed by atoms with van der Waals surface area (Å²) >= 11 is 0. The van der Waals surface area contributed by atoms with Crippen molar-refractivity contribution in [1.82, 2.24) is 0 Å². The first-order valence-electron chi connectivity index (χ1n) is 3.73. The molecule has 0 aliphatic carbocycles. The number of esters is 1. The van der Waals surface area contributed by atoms with Crippen molar-refractivity contribution >= 4 is 28.5 Å². The van der Waals surface area contributed by atoms with E-state index >= 15 is 0 Å². The summed E-state index contributed by atoms with van der Waals surface area (Å²) in [6, 6.07) is 0. The van der Waals surface area contributed by atoms with Gasteiger partial charge >= 0.3 is 5.97 Å². The third-order valence-electron chi connectivity index (χ3n) is 1.25. The van der Waals surface area contributed by atoms with Crippen molar-refractivity contribution in [2.45, 2.75) is 19.4 Å². The van der Waals surface area contributed by atoms with Crippen molar-refractivity contribution in [3.8, 4) is 0 Å². The quantitative estimate of drug-likeness (QED) is 0.505. The van der Waals surface area contributed by atoms with Gasteiger partial charge in [0, 0.05) is 13.0 Å². The molecule has 0 heterocycles. The fraction of sp³-hybridized carbons (Fsp3) is 0.833. The molecule has 0 aromatic heterocycles. The first-order chi connectivity index (χ1) is 5.89. The molecule has 0 radical (unpaired) electrons. The fourth-order valence-electron chi connectivity index (χ4n) is 0.654. The minimum absolute atomic E-state index is 0. The predicted molar refractivity (Wildman–Crippen MR) is 52.9 cm³/mol. The molecule has 0 saturated carbocycles. The maximum absolute atomic E-state index is 10.7. The summed E-state index contributed by atoms with van der Waals surface area (Å²) in [6.45, 7) is 1.44. The summed E-state index contributed by atoms with van der Waals surface area (Å²) in [5, 5.41) is 0. The number of halogens is 1. The van der Waals surface area contributed by atoms with E-state index in [0.29, 0.717) is 0 Å². The third kappa shape index (κ3) is 8.24. The Bertz CT molecular complexity index is 265. The Labute approximate surface area is 89.0 Å². The molecule has 0 aromatic carbocycles. The van der Waals surface area contributed by atoms with E-state index in [-0.39, 0.29) is 25.4 Å². The number of ether oxygens (including phenoxy) is 1. The first-order valence-corrected chi connectivity index (χ1v) is 5.34. The van der Waals surface area contributed by atoms with Crippen molar-refractivity contribution in [3.63, 3.8) is 0 Å². The van der Waals surface area contributed by atoms with Gasteiger partial charge in [0.15, 0.2) is 0 Å². The van der Waals surface area contributed by atoms with Crippen molar-refractivity contribution < 1.29 is 22.5 Å². The van der Waals surface area contributed by atoms with E-state index in [1.54, 1.807) is 6.92 Å². The lowest BCUT2D eigenvalue weighted by Crippen LogP contribution is -2.33. The third-order valence-corrected chi connectivity index (χ3v) is 2.04. The van der Waals surface area contributed by atoms with Gasteiger partial charge in [-0.3, -0.25) is 9.35 Å². The molecular formula is C6H14ClNO5S. The van der Waals surface area contributed by atoms with Crippen LogP contribution in [0, 0.1) is 0 Å². The molecule has 0 aromatic rings. The molecule has 0 aliphatic heterocycles. The maximum Gasteiger partial charge on any atom is 0.305 e. The van der Waals surface area contributed by atoms with Crippen LogP contribution in [0.4, 0.5) is 0 Å². The molecule has 6 nitrogen and oxygen atoms in total. The Balaban J connectivity index is 0. The van der Waals surface area contributed by atoms with Gasteiger partial charge < -0.3 is 10.5 Å². The zero-order valence-corrected chi connectivity index (χ0v) is 9.31. The van der Waals surface area contributed by atoms with Crippen molar-refractivity contribution in [2.75, 3.05) is 12.3 Å². The van der Waals surface area contributed by atoms with Gasteiger partial charge in [-0.2, -0.15) is 8.42 Å². The highest BCUT2D eigenvalue weighted by Crippen LogP contribution is 1.97. The van der Waals surface area contributed by atoms with Gasteiger partial charge in [0.1, 0.15) is 11.9 Å². The minimum Gasteiger partial charge on any atom is -0.460 e. The van der Waals surface area contributed by atoms with Gasteiger partial charge in [0.05, 0.1) is 0 Å². The van der Waals surface area contributed by atoms with Crippen LogP contribution < -0.4 is 5.73 Å². The van der Waals surface area contributed by atoms with Gasteiger partial charge in [0.25, 0.3) is 10.1 Å². The lowest BCUT2D eigenvalue weighted by molar-refractivity contribution is -0.147. The molecule has 3 N–H and O–H groups in total. The van der Waals surface area contributed by atoms with Gasteiger partial charge in [-0.05, 0) is 0 Å². The highest BCUT2D eigenvalue weighted by atomic mass is 35.5. The topological polar surface area (TPSA) is 107 Å². The van der Waals surface area contributed by atoms with Gasteiger partial charge in [-0.25, -0.2) is 0 Å². The summed E-state index contributed by atoms with van der Waals surface area (Å²) in [5.74, 6) is -1.20. The van der Waals surface area contributed by atoms with E-state index < -0.39 is 27.9 Å². The molecule has 86 valence electrons. The van der Waals surface area contributed by atoms with E-state index in [1.165, 1.54) is 0 Å². The second-order valence-corrected chi connectivity index (χ2v) is 3.95. The van der Waals surface area contributed by atoms with Crippen LogP contribution in [0.1, 0.15) is 13.3 Å². The number of carbonyl (C=O) groups excluding carboxylic acids is 1. The molecule has 14 heavy (non-hydrogen) atoms. The molecule has 1 atom stereocenters. The number of carbonyl (C=O) groups is 1. The van der Waals surface area contributed by atoms with Crippen LogP contribution in [-0.2, 0) is 19.6 Å². The average molecular weight is 248 g/mol. The van der Waals surface area contributed by atoms with E-state index in [2.05, 4.69) is 4.74 Å². The molecule has 0 amide bonds. The summed E-state index contributed by atoms with van der Waals surface area (Å²) in [4.78, 5) is 10.7. The van der Waals surface area contributed by atoms with E-state index in [4.69, 9.17) is 10.3 Å². The Kier molecular flexibility index (Phi) is 8.03. The SMILES string of the molecule is CCC(=O)OC(CN)CS(=O)(=O)O.Cl. The average Bonchev–Trinajstić information content (AvgIpc) is 2.00. The predicted octanol–water partition coefficient (Wildman–Crippen LogP) is -0.423. The van der Waals surface area contributed by atoms with Crippen molar-refractivity contribution in [3.05, 3.63) is 0 Å². The molecular weight excluding hydrogens is 234 g/mol. The molecule has 8 heteroatoms. The lowest BCUT2D eigenvalue weighted by atomic mass is 10.4. The summed E-state index contributed by atoms with van der Waals surface area (Å²) in [6.07, 6.45) is -0.829. The van der Waals surface area contributed by atoms with Gasteiger partial charge in [-0.15, -0.1) is 12.4 Å². The Morgan fingerprint density at radius 1 is 1.57 bits per heavy atom. The number of rotatable bonds is 5. The van der Waals surface area contributed by atoms with E-state index in [0.717, 1.165) is 0 Å². The Hall–Kier alpha value is -0.370. The van der Waals surface area contributed by atoms with Gasteiger partial charge in [-0.1, -0.05) is 6.92 Å². The highest BCUT2D eigenvalue weighted by molar-refractivity contribution is 7.85. The monoisotopic (exact) mass is 247 g/mol. The van der Waals surface area contributed by atoms with Crippen LogP contribution in [0.25, 0.3) is 0 Å². The Morgan fingerprint density at radius 3 is 2.36 bits per heavy atom. The summed E-state index contributed by atoms with van der Waals surface area (Å²) < 4.78 is 33.8. The molecule has 0 spiro atoms.